The second kappa shape index (κ2) is 9.25. The average Bonchev–Trinajstić information content (AvgIpc) is 3.34. The molecule has 1 N–H and O–H groups in total. The first kappa shape index (κ1) is 18.3. The molecule has 0 amide bonds. The van der Waals surface area contributed by atoms with Crippen LogP contribution in [0.5, 0.6) is 0 Å². The predicted octanol–water partition coefficient (Wildman–Crippen LogP) is 2.49. The molecule has 1 aromatic heterocycles. The zero-order valence-electron chi connectivity index (χ0n) is 15.6. The fourth-order valence-corrected chi connectivity index (χ4v) is 3.93. The van der Waals surface area contributed by atoms with Crippen LogP contribution in [-0.4, -0.2) is 68.2 Å². The Morgan fingerprint density at radius 2 is 2.08 bits per heavy atom. The number of aliphatic imine (C=N–C) groups is 1. The van der Waals surface area contributed by atoms with Crippen LogP contribution < -0.4 is 5.32 Å². The first-order valence-corrected chi connectivity index (χ1v) is 9.66. The molecule has 2 fully saturated rings. The lowest BCUT2D eigenvalue weighted by atomic mass is 10.1. The highest BCUT2D eigenvalue weighted by Gasteiger charge is 2.27. The summed E-state index contributed by atoms with van der Waals surface area (Å²) in [6.45, 7) is 7.99. The molecule has 0 radical (unpaired) electrons. The number of guanidine groups is 1. The van der Waals surface area contributed by atoms with Gasteiger partial charge in [0.1, 0.15) is 5.76 Å². The number of hydrogen-bond acceptors (Lipinski definition) is 4. The lowest BCUT2D eigenvalue weighted by molar-refractivity contribution is 0.0263. The van der Waals surface area contributed by atoms with Crippen LogP contribution in [0.1, 0.15) is 44.4 Å². The van der Waals surface area contributed by atoms with Gasteiger partial charge in [0.25, 0.3) is 0 Å². The Kier molecular flexibility index (Phi) is 6.76. The Hall–Kier alpha value is -1.53. The van der Waals surface area contributed by atoms with E-state index in [9.17, 15) is 0 Å². The number of ether oxygens (including phenoxy) is 1. The van der Waals surface area contributed by atoms with Gasteiger partial charge in [-0.3, -0.25) is 9.89 Å². The summed E-state index contributed by atoms with van der Waals surface area (Å²) in [7, 11) is 1.87. The number of hydrogen-bond donors (Lipinski definition) is 1. The van der Waals surface area contributed by atoms with Crippen LogP contribution in [0.15, 0.2) is 27.8 Å². The van der Waals surface area contributed by atoms with Crippen molar-refractivity contribution in [2.45, 2.75) is 44.8 Å². The van der Waals surface area contributed by atoms with Crippen molar-refractivity contribution in [3.8, 4) is 0 Å². The molecule has 1 unspecified atom stereocenters. The van der Waals surface area contributed by atoms with Crippen molar-refractivity contribution in [3.05, 3.63) is 24.2 Å². The van der Waals surface area contributed by atoms with Gasteiger partial charge in [-0.15, -0.1) is 0 Å². The summed E-state index contributed by atoms with van der Waals surface area (Å²) in [6, 6.07) is 4.34. The third-order valence-corrected chi connectivity index (χ3v) is 5.26. The highest BCUT2D eigenvalue weighted by atomic mass is 16.5. The maximum absolute atomic E-state index is 5.75. The second-order valence-electron chi connectivity index (χ2n) is 6.84. The van der Waals surface area contributed by atoms with Gasteiger partial charge in [-0.25, -0.2) is 0 Å². The van der Waals surface area contributed by atoms with E-state index in [0.717, 1.165) is 63.9 Å². The lowest BCUT2D eigenvalue weighted by Gasteiger charge is -2.35. The van der Waals surface area contributed by atoms with Crippen LogP contribution in [0.25, 0.3) is 0 Å². The van der Waals surface area contributed by atoms with Crippen molar-refractivity contribution in [1.82, 2.24) is 15.1 Å². The van der Waals surface area contributed by atoms with Crippen LogP contribution in [0.4, 0.5) is 0 Å². The molecule has 0 bridgehead atoms. The number of furan rings is 1. The van der Waals surface area contributed by atoms with Gasteiger partial charge in [0.2, 0.25) is 0 Å². The van der Waals surface area contributed by atoms with E-state index in [1.165, 1.54) is 12.8 Å². The molecule has 6 heteroatoms. The van der Waals surface area contributed by atoms with E-state index in [0.29, 0.717) is 6.10 Å². The van der Waals surface area contributed by atoms with Gasteiger partial charge >= 0.3 is 0 Å². The molecule has 1 atom stereocenters. The Balaban J connectivity index is 1.56. The Labute approximate surface area is 151 Å². The molecular weight excluding hydrogens is 316 g/mol. The predicted molar refractivity (Wildman–Crippen MR) is 99.8 cm³/mol. The van der Waals surface area contributed by atoms with E-state index in [2.05, 4.69) is 33.1 Å². The Morgan fingerprint density at radius 1 is 1.32 bits per heavy atom. The molecule has 3 rings (SSSR count). The highest BCUT2D eigenvalue weighted by molar-refractivity contribution is 5.80. The fraction of sp³-hybridized carbons (Fsp3) is 0.737. The quantitative estimate of drug-likeness (QED) is 0.632. The van der Waals surface area contributed by atoms with E-state index in [-0.39, 0.29) is 6.04 Å². The largest absolute Gasteiger partial charge is 0.468 e. The molecule has 2 aliphatic rings. The third-order valence-electron chi connectivity index (χ3n) is 5.26. The molecule has 0 aliphatic carbocycles. The zero-order chi connectivity index (χ0) is 17.5. The molecule has 3 heterocycles. The molecule has 0 saturated carbocycles. The first-order chi connectivity index (χ1) is 12.3. The van der Waals surface area contributed by atoms with Crippen molar-refractivity contribution in [1.29, 1.82) is 0 Å². The van der Waals surface area contributed by atoms with Gasteiger partial charge in [0, 0.05) is 33.3 Å². The molecular formula is C19H32N4O2. The normalized spacial score (nSPS) is 21.7. The third kappa shape index (κ3) is 4.76. The van der Waals surface area contributed by atoms with Crippen molar-refractivity contribution in [3.63, 3.8) is 0 Å². The summed E-state index contributed by atoms with van der Waals surface area (Å²) in [4.78, 5) is 9.36. The van der Waals surface area contributed by atoms with Crippen LogP contribution in [0, 0.1) is 0 Å². The molecule has 2 aliphatic heterocycles. The Bertz CT molecular complexity index is 518. The summed E-state index contributed by atoms with van der Waals surface area (Å²) in [6.07, 6.45) is 6.86. The number of likely N-dealkylation sites (tertiary alicyclic amines) is 2. The summed E-state index contributed by atoms with van der Waals surface area (Å²) in [5, 5.41) is 3.58. The smallest absolute Gasteiger partial charge is 0.193 e. The molecule has 140 valence electrons. The van der Waals surface area contributed by atoms with Gasteiger partial charge in [-0.1, -0.05) is 0 Å². The van der Waals surface area contributed by atoms with E-state index in [1.54, 1.807) is 6.26 Å². The summed E-state index contributed by atoms with van der Waals surface area (Å²) in [5.74, 6) is 2.03. The standard InChI is InChI=1S/C19H32N4O2/c1-3-24-16-8-12-23(13-9-16)19(20-2)21-15-17(18-7-6-14-25-18)22-10-4-5-11-22/h6-7,14,16-17H,3-5,8-13,15H2,1-2H3,(H,20,21). The van der Waals surface area contributed by atoms with Gasteiger partial charge in [0.15, 0.2) is 5.96 Å². The minimum absolute atomic E-state index is 0.273. The van der Waals surface area contributed by atoms with Crippen LogP contribution >= 0.6 is 0 Å². The van der Waals surface area contributed by atoms with Gasteiger partial charge in [-0.05, 0) is 57.8 Å². The number of piperidine rings is 1. The highest BCUT2D eigenvalue weighted by Crippen LogP contribution is 2.25. The number of nitrogens with one attached hydrogen (secondary N) is 1. The summed E-state index contributed by atoms with van der Waals surface area (Å²) < 4.78 is 11.5. The lowest BCUT2D eigenvalue weighted by Crippen LogP contribution is -2.48. The monoisotopic (exact) mass is 348 g/mol. The molecule has 2 saturated heterocycles. The topological polar surface area (TPSA) is 53.2 Å². The van der Waals surface area contributed by atoms with Crippen LogP contribution in [0.2, 0.25) is 0 Å². The summed E-state index contributed by atoms with van der Waals surface area (Å²) in [5.41, 5.74) is 0. The minimum atomic E-state index is 0.273. The van der Waals surface area contributed by atoms with E-state index in [4.69, 9.17) is 9.15 Å². The maximum atomic E-state index is 5.75. The Morgan fingerprint density at radius 3 is 2.68 bits per heavy atom. The van der Waals surface area contributed by atoms with Crippen LogP contribution in [0.3, 0.4) is 0 Å². The van der Waals surface area contributed by atoms with E-state index < -0.39 is 0 Å². The average molecular weight is 348 g/mol. The van der Waals surface area contributed by atoms with Gasteiger partial charge in [0.05, 0.1) is 18.4 Å². The number of nitrogens with zero attached hydrogens (tertiary/aromatic N) is 3. The molecule has 25 heavy (non-hydrogen) atoms. The van der Waals surface area contributed by atoms with Crippen molar-refractivity contribution in [2.75, 3.05) is 46.4 Å². The van der Waals surface area contributed by atoms with E-state index in [1.807, 2.05) is 13.1 Å². The molecule has 6 nitrogen and oxygen atoms in total. The molecule has 1 aromatic rings. The maximum Gasteiger partial charge on any atom is 0.193 e. The van der Waals surface area contributed by atoms with Gasteiger partial charge in [-0.2, -0.15) is 0 Å². The van der Waals surface area contributed by atoms with Crippen molar-refractivity contribution in [2.24, 2.45) is 4.99 Å². The zero-order valence-corrected chi connectivity index (χ0v) is 15.6. The van der Waals surface area contributed by atoms with Crippen LogP contribution in [-0.2, 0) is 4.74 Å². The second-order valence-corrected chi connectivity index (χ2v) is 6.84. The molecule has 0 aromatic carbocycles. The number of rotatable bonds is 6. The van der Waals surface area contributed by atoms with E-state index >= 15 is 0 Å². The molecule has 0 spiro atoms. The first-order valence-electron chi connectivity index (χ1n) is 9.66. The minimum Gasteiger partial charge on any atom is -0.468 e. The SMILES string of the molecule is CCOC1CCN(C(=NC)NCC(c2ccco2)N2CCCC2)CC1. The van der Waals surface area contributed by atoms with Crippen molar-refractivity contribution < 1.29 is 9.15 Å². The summed E-state index contributed by atoms with van der Waals surface area (Å²) >= 11 is 0. The van der Waals surface area contributed by atoms with Crippen molar-refractivity contribution >= 4 is 5.96 Å². The fourth-order valence-electron chi connectivity index (χ4n) is 3.93. The van der Waals surface area contributed by atoms with Gasteiger partial charge < -0.3 is 19.4 Å².